The number of aliphatic hydroxyl groups excluding tert-OH is 11. The van der Waals surface area contributed by atoms with Crippen molar-refractivity contribution < 1.29 is 104 Å². The molecule has 0 aromatic rings. The van der Waals surface area contributed by atoms with Crippen LogP contribution in [0.4, 0.5) is 0 Å². The molecule has 14 N–H and O–H groups in total. The first kappa shape index (κ1) is 76.7. The van der Waals surface area contributed by atoms with E-state index in [0.29, 0.717) is 19.3 Å². The van der Waals surface area contributed by atoms with Crippen LogP contribution in [0.15, 0.2) is 12.2 Å². The normalized spacial score (nSPS) is 29.6. The van der Waals surface area contributed by atoms with Crippen molar-refractivity contribution in [2.45, 2.75) is 336 Å². The van der Waals surface area contributed by atoms with Gasteiger partial charge in [0.15, 0.2) is 12.6 Å². The summed E-state index contributed by atoms with van der Waals surface area (Å²) in [6, 6.07) is -2.53. The van der Waals surface area contributed by atoms with Gasteiger partial charge >= 0.3 is 5.97 Å². The lowest BCUT2D eigenvalue weighted by Gasteiger charge is -2.50. The minimum Gasteiger partial charge on any atom is -0.477 e. The molecule has 23 heteroatoms. The van der Waals surface area contributed by atoms with Crippen molar-refractivity contribution in [1.29, 1.82) is 0 Å². The fourth-order valence-electron chi connectivity index (χ4n) is 11.5. The standard InChI is InChI=1S/C62H114N2O21/c1-4-6-8-10-12-14-16-18-19-20-21-22-24-25-27-29-31-33-35-44(69)43(64-49(72)36-34-32-30-28-26-23-17-15-13-11-9-7-5-2)41-80-59-54(76)53(75)56(48(40-67)82-59)83-60-55(77)58(52(74)47(39-66)81-60)85-62(61(78)79)37-45(70)50(63-42(3)68)57(84-62)51(73)46(71)38-65/h23,26,43-48,50-60,65-67,69-71,73-77H,4-22,24-25,27-41H2,1-3H3,(H,63,68)(H,64,72)(H,78,79)/b26-23-. The quantitative estimate of drug-likeness (QED) is 0.0298. The van der Waals surface area contributed by atoms with E-state index in [0.717, 1.165) is 58.3 Å². The summed E-state index contributed by atoms with van der Waals surface area (Å²) in [4.78, 5) is 38.4. The van der Waals surface area contributed by atoms with Gasteiger partial charge in [-0.3, -0.25) is 9.59 Å². The molecule has 3 aliphatic rings. The molecule has 0 aliphatic carbocycles. The third-order valence-electron chi connectivity index (χ3n) is 16.7. The van der Waals surface area contributed by atoms with Crippen molar-refractivity contribution in [2.75, 3.05) is 26.4 Å². The number of aliphatic hydroxyl groups is 11. The average molecular weight is 1220 g/mol. The van der Waals surface area contributed by atoms with Crippen LogP contribution in [0.3, 0.4) is 0 Å². The third kappa shape index (κ3) is 27.6. The second-order valence-corrected chi connectivity index (χ2v) is 24.0. The summed E-state index contributed by atoms with van der Waals surface area (Å²) in [6.45, 7) is 2.17. The van der Waals surface area contributed by atoms with Crippen molar-refractivity contribution in [3.05, 3.63) is 12.2 Å². The van der Waals surface area contributed by atoms with Crippen LogP contribution >= 0.6 is 0 Å². The van der Waals surface area contributed by atoms with Crippen LogP contribution in [0.25, 0.3) is 0 Å². The van der Waals surface area contributed by atoms with Gasteiger partial charge in [-0.1, -0.05) is 180 Å². The smallest absolute Gasteiger partial charge is 0.364 e. The van der Waals surface area contributed by atoms with Crippen LogP contribution in [0, 0.1) is 0 Å². The van der Waals surface area contributed by atoms with Crippen molar-refractivity contribution in [3.8, 4) is 0 Å². The van der Waals surface area contributed by atoms with Gasteiger partial charge < -0.3 is 100 Å². The molecule has 18 unspecified atom stereocenters. The van der Waals surface area contributed by atoms with E-state index < -0.39 is 148 Å². The predicted octanol–water partition coefficient (Wildman–Crippen LogP) is 4.34. The van der Waals surface area contributed by atoms with Gasteiger partial charge in [-0.15, -0.1) is 0 Å². The van der Waals surface area contributed by atoms with Gasteiger partial charge in [-0.25, -0.2) is 4.79 Å². The fraction of sp³-hybridized carbons (Fsp3) is 0.919. The Morgan fingerprint density at radius 2 is 1.09 bits per heavy atom. The maximum Gasteiger partial charge on any atom is 0.364 e. The third-order valence-corrected chi connectivity index (χ3v) is 16.7. The zero-order valence-corrected chi connectivity index (χ0v) is 51.5. The summed E-state index contributed by atoms with van der Waals surface area (Å²) in [5, 5.41) is 136. The highest BCUT2D eigenvalue weighted by molar-refractivity contribution is 5.77. The van der Waals surface area contributed by atoms with E-state index in [1.165, 1.54) is 122 Å². The van der Waals surface area contributed by atoms with Gasteiger partial charge in [0.05, 0.1) is 50.7 Å². The van der Waals surface area contributed by atoms with E-state index in [2.05, 4.69) is 36.6 Å². The molecule has 3 fully saturated rings. The van der Waals surface area contributed by atoms with Crippen LogP contribution in [-0.4, -0.2) is 215 Å². The maximum atomic E-state index is 13.4. The van der Waals surface area contributed by atoms with Gasteiger partial charge in [-0.2, -0.15) is 0 Å². The van der Waals surface area contributed by atoms with Gasteiger partial charge in [0.25, 0.3) is 5.79 Å². The predicted molar refractivity (Wildman–Crippen MR) is 315 cm³/mol. The summed E-state index contributed by atoms with van der Waals surface area (Å²) in [7, 11) is 0. The first-order chi connectivity index (χ1) is 40.9. The zero-order valence-electron chi connectivity index (χ0n) is 51.5. The lowest BCUT2D eigenvalue weighted by atomic mass is 9.88. The minimum absolute atomic E-state index is 0.204. The number of carbonyl (C=O) groups excluding carboxylic acids is 2. The summed E-state index contributed by atoms with van der Waals surface area (Å²) < 4.78 is 34.8. The Labute approximate surface area is 505 Å². The summed E-state index contributed by atoms with van der Waals surface area (Å²) >= 11 is 0. The topological polar surface area (TPSA) is 373 Å². The summed E-state index contributed by atoms with van der Waals surface area (Å²) in [5.41, 5.74) is 0. The molecule has 3 aliphatic heterocycles. The van der Waals surface area contributed by atoms with E-state index in [1.807, 2.05) is 0 Å². The number of hydrogen-bond donors (Lipinski definition) is 14. The molecular formula is C62H114N2O21. The molecule has 0 aromatic heterocycles. The van der Waals surface area contributed by atoms with E-state index in [9.17, 15) is 75.7 Å². The zero-order chi connectivity index (χ0) is 62.6. The highest BCUT2D eigenvalue weighted by atomic mass is 16.8. The van der Waals surface area contributed by atoms with Gasteiger partial charge in [0.1, 0.15) is 67.1 Å². The Morgan fingerprint density at radius 1 is 0.600 bits per heavy atom. The van der Waals surface area contributed by atoms with E-state index in [1.54, 1.807) is 0 Å². The second-order valence-electron chi connectivity index (χ2n) is 24.0. The lowest BCUT2D eigenvalue weighted by Crippen LogP contribution is -2.70. The van der Waals surface area contributed by atoms with Crippen LogP contribution in [0.2, 0.25) is 0 Å². The first-order valence-corrected chi connectivity index (χ1v) is 32.5. The monoisotopic (exact) mass is 1220 g/mol. The summed E-state index contributed by atoms with van der Waals surface area (Å²) in [6.07, 6.45) is 9.43. The number of ether oxygens (including phenoxy) is 6. The highest BCUT2D eigenvalue weighted by Crippen LogP contribution is 2.38. The molecule has 0 saturated carbocycles. The number of allylic oxidation sites excluding steroid dienone is 2. The Morgan fingerprint density at radius 3 is 1.59 bits per heavy atom. The molecule has 18 atom stereocenters. The van der Waals surface area contributed by atoms with Gasteiger partial charge in [-0.05, 0) is 38.5 Å². The number of nitrogens with one attached hydrogen (secondary N) is 2. The van der Waals surface area contributed by atoms with Crippen molar-refractivity contribution in [2.24, 2.45) is 0 Å². The SMILES string of the molecule is CCCCCCCC/C=C\CCCCCC(=O)NC(COC1OC(CO)C(OC2OC(CO)C(O)C(OC3(C(=O)O)CC(O)C(NC(C)=O)C(C(O)C(O)CO)O3)C2O)C(O)C1O)C(O)CCCCCCCCCCCCCCCCCCCC. The summed E-state index contributed by atoms with van der Waals surface area (Å²) in [5.74, 6) is -6.12. The van der Waals surface area contributed by atoms with Gasteiger partial charge in [0.2, 0.25) is 11.8 Å². The van der Waals surface area contributed by atoms with Gasteiger partial charge in [0, 0.05) is 19.8 Å². The molecule has 498 valence electrons. The van der Waals surface area contributed by atoms with Crippen molar-refractivity contribution >= 4 is 17.8 Å². The van der Waals surface area contributed by atoms with E-state index >= 15 is 0 Å². The van der Waals surface area contributed by atoms with Crippen molar-refractivity contribution in [1.82, 2.24) is 10.6 Å². The number of hydrogen-bond acceptors (Lipinski definition) is 20. The maximum absolute atomic E-state index is 13.4. The van der Waals surface area contributed by atoms with Crippen molar-refractivity contribution in [3.63, 3.8) is 0 Å². The highest BCUT2D eigenvalue weighted by Gasteiger charge is 2.60. The van der Waals surface area contributed by atoms with Crippen LogP contribution in [0.1, 0.15) is 226 Å². The lowest BCUT2D eigenvalue weighted by molar-refractivity contribution is -0.386. The number of aliphatic carboxylic acids is 1. The fourth-order valence-corrected chi connectivity index (χ4v) is 11.5. The molecule has 3 heterocycles. The molecule has 85 heavy (non-hydrogen) atoms. The van der Waals surface area contributed by atoms with Crippen LogP contribution in [-0.2, 0) is 42.8 Å². The molecule has 0 spiro atoms. The molecule has 2 amide bonds. The molecule has 0 bridgehead atoms. The Hall–Kier alpha value is -2.53. The van der Waals surface area contributed by atoms with E-state index in [-0.39, 0.29) is 18.9 Å². The molecule has 0 aromatic carbocycles. The molecular weight excluding hydrogens is 1110 g/mol. The number of amides is 2. The largest absolute Gasteiger partial charge is 0.477 e. The molecule has 23 nitrogen and oxygen atoms in total. The average Bonchev–Trinajstić information content (AvgIpc) is 1.28. The second kappa shape index (κ2) is 44.0. The number of rotatable bonds is 48. The number of carboxylic acids is 1. The number of unbranched alkanes of at least 4 members (excludes halogenated alkanes) is 26. The Kier molecular flexibility index (Phi) is 39.7. The number of carboxylic acid groups (broad SMARTS) is 1. The van der Waals surface area contributed by atoms with Crippen LogP contribution in [0.5, 0.6) is 0 Å². The number of carbonyl (C=O) groups is 3. The molecule has 0 radical (unpaired) electrons. The Bertz CT molecular complexity index is 1790. The minimum atomic E-state index is -3.08. The van der Waals surface area contributed by atoms with Crippen LogP contribution < -0.4 is 10.6 Å². The first-order valence-electron chi connectivity index (χ1n) is 32.5. The Balaban J connectivity index is 1.63. The van der Waals surface area contributed by atoms with E-state index in [4.69, 9.17) is 28.4 Å². The molecule has 3 rings (SSSR count). The molecule has 3 saturated heterocycles.